The summed E-state index contributed by atoms with van der Waals surface area (Å²) in [5.74, 6) is 0. The van der Waals surface area contributed by atoms with E-state index >= 15 is 0 Å². The molecule has 1 saturated heterocycles. The monoisotopic (exact) mass is 318 g/mol. The Hall–Kier alpha value is -0.510. The molecule has 0 aliphatic carbocycles. The number of hydrogen-bond acceptors (Lipinski definition) is 6. The Balaban J connectivity index is 1.97. The van der Waals surface area contributed by atoms with E-state index in [0.717, 1.165) is 25.2 Å². The van der Waals surface area contributed by atoms with Crippen LogP contribution in [-0.4, -0.2) is 58.1 Å². The van der Waals surface area contributed by atoms with Crippen LogP contribution in [0, 0.1) is 0 Å². The van der Waals surface area contributed by atoms with Crippen molar-refractivity contribution >= 4 is 21.4 Å². The average Bonchev–Trinajstić information content (AvgIpc) is 2.88. The lowest BCUT2D eigenvalue weighted by Gasteiger charge is -2.31. The predicted octanol–water partition coefficient (Wildman–Crippen LogP) is 0.298. The van der Waals surface area contributed by atoms with Gasteiger partial charge in [-0.2, -0.15) is 0 Å². The summed E-state index contributed by atoms with van der Waals surface area (Å²) in [5, 5.41) is 6.86. The van der Waals surface area contributed by atoms with E-state index in [1.54, 1.807) is 11.1 Å². The molecule has 6 nitrogen and oxygen atoms in total. The fourth-order valence-corrected chi connectivity index (χ4v) is 4.29. The highest BCUT2D eigenvalue weighted by atomic mass is 32.2. The maximum absolute atomic E-state index is 12.3. The van der Waals surface area contributed by atoms with Gasteiger partial charge in [-0.05, 0) is 30.6 Å². The molecule has 0 aromatic carbocycles. The Labute approximate surface area is 124 Å². The maximum Gasteiger partial charge on any atom is 0.262 e. The van der Waals surface area contributed by atoms with Crippen molar-refractivity contribution in [2.75, 3.05) is 39.8 Å². The van der Waals surface area contributed by atoms with Crippen LogP contribution in [0.15, 0.2) is 15.7 Å². The zero-order valence-corrected chi connectivity index (χ0v) is 13.6. The zero-order chi connectivity index (χ0) is 14.6. The second kappa shape index (κ2) is 6.97. The predicted molar refractivity (Wildman–Crippen MR) is 81.1 cm³/mol. The zero-order valence-electron chi connectivity index (χ0n) is 11.9. The Morgan fingerprint density at radius 2 is 2.00 bits per heavy atom. The molecule has 1 fully saturated rings. The van der Waals surface area contributed by atoms with Crippen molar-refractivity contribution in [3.8, 4) is 0 Å². The van der Waals surface area contributed by atoms with Crippen molar-refractivity contribution in [3.63, 3.8) is 0 Å². The molecule has 20 heavy (non-hydrogen) atoms. The van der Waals surface area contributed by atoms with E-state index in [2.05, 4.69) is 15.0 Å². The smallest absolute Gasteiger partial charge is 0.262 e. The molecule has 1 aliphatic heterocycles. The second-order valence-electron chi connectivity index (χ2n) is 4.94. The van der Waals surface area contributed by atoms with Crippen LogP contribution in [0.25, 0.3) is 0 Å². The minimum absolute atomic E-state index is 0.379. The third-order valence-electron chi connectivity index (χ3n) is 3.23. The van der Waals surface area contributed by atoms with Crippen molar-refractivity contribution in [1.82, 2.24) is 20.1 Å². The molecule has 0 amide bonds. The van der Waals surface area contributed by atoms with Crippen molar-refractivity contribution in [2.24, 2.45) is 0 Å². The fourth-order valence-electron chi connectivity index (χ4n) is 1.97. The van der Waals surface area contributed by atoms with Gasteiger partial charge in [-0.25, -0.2) is 13.4 Å². The van der Waals surface area contributed by atoms with Crippen molar-refractivity contribution in [1.29, 1.82) is 0 Å². The van der Waals surface area contributed by atoms with Gasteiger partial charge in [0.05, 0.1) is 0 Å². The molecule has 2 N–H and O–H groups in total. The molecular weight excluding hydrogens is 296 g/mol. The van der Waals surface area contributed by atoms with Crippen LogP contribution in [0.2, 0.25) is 0 Å². The van der Waals surface area contributed by atoms with Gasteiger partial charge in [-0.3, -0.25) is 0 Å². The molecule has 1 aromatic rings. The first kappa shape index (κ1) is 15.9. The minimum Gasteiger partial charge on any atom is -0.313 e. The van der Waals surface area contributed by atoms with E-state index in [0.29, 0.717) is 23.8 Å². The molecule has 0 saturated carbocycles. The molecule has 0 atom stereocenters. The molecule has 0 radical (unpaired) electrons. The summed E-state index contributed by atoms with van der Waals surface area (Å²) in [7, 11) is -1.39. The quantitative estimate of drug-likeness (QED) is 0.790. The number of rotatable bonds is 6. The number of thiophene rings is 1. The van der Waals surface area contributed by atoms with E-state index in [1.165, 1.54) is 11.3 Å². The van der Waals surface area contributed by atoms with E-state index in [-0.39, 0.29) is 0 Å². The van der Waals surface area contributed by atoms with E-state index in [9.17, 15) is 8.42 Å². The number of sulfonamides is 1. The number of hydrazine groups is 1. The highest BCUT2D eigenvalue weighted by Crippen LogP contribution is 2.20. The highest BCUT2D eigenvalue weighted by Gasteiger charge is 2.22. The molecule has 114 valence electrons. The van der Waals surface area contributed by atoms with E-state index in [1.807, 2.05) is 19.4 Å². The van der Waals surface area contributed by atoms with Crippen LogP contribution in [-0.2, 0) is 16.6 Å². The summed E-state index contributed by atoms with van der Waals surface area (Å²) in [6.45, 7) is 6.78. The molecule has 0 bridgehead atoms. The summed E-state index contributed by atoms with van der Waals surface area (Å²) in [5.41, 5.74) is 1.01. The van der Waals surface area contributed by atoms with Gasteiger partial charge in [0.15, 0.2) is 0 Å². The van der Waals surface area contributed by atoms with Gasteiger partial charge < -0.3 is 10.2 Å². The van der Waals surface area contributed by atoms with Gasteiger partial charge in [0.2, 0.25) is 0 Å². The first-order chi connectivity index (χ1) is 9.51. The SMILES string of the molecule is CCNCc1csc(S(=O)(=O)NN2CCN(C)CC2)c1. The van der Waals surface area contributed by atoms with Gasteiger partial charge in [0.1, 0.15) is 4.21 Å². The lowest BCUT2D eigenvalue weighted by Crippen LogP contribution is -2.52. The van der Waals surface area contributed by atoms with E-state index < -0.39 is 10.0 Å². The lowest BCUT2D eigenvalue weighted by atomic mass is 10.3. The van der Waals surface area contributed by atoms with E-state index in [4.69, 9.17) is 0 Å². The van der Waals surface area contributed by atoms with Gasteiger partial charge in [0.25, 0.3) is 10.0 Å². The third-order valence-corrected chi connectivity index (χ3v) is 6.09. The van der Waals surface area contributed by atoms with Crippen LogP contribution in [0.3, 0.4) is 0 Å². The van der Waals surface area contributed by atoms with Crippen molar-refractivity contribution in [2.45, 2.75) is 17.7 Å². The Morgan fingerprint density at radius 1 is 1.30 bits per heavy atom. The standard InChI is InChI=1S/C12H22N4O2S2/c1-3-13-9-11-8-12(19-10-11)20(17,18)14-16-6-4-15(2)5-7-16/h8,10,13-14H,3-7,9H2,1-2H3. The summed E-state index contributed by atoms with van der Waals surface area (Å²) >= 11 is 1.27. The van der Waals surface area contributed by atoms with Gasteiger partial charge >= 0.3 is 0 Å². The maximum atomic E-state index is 12.3. The molecule has 2 heterocycles. The van der Waals surface area contributed by atoms with Crippen molar-refractivity contribution < 1.29 is 8.42 Å². The Morgan fingerprint density at radius 3 is 2.65 bits per heavy atom. The number of piperazine rings is 1. The largest absolute Gasteiger partial charge is 0.313 e. The second-order valence-corrected chi connectivity index (χ2v) is 7.74. The number of nitrogens with zero attached hydrogens (tertiary/aromatic N) is 2. The van der Waals surface area contributed by atoms with Crippen LogP contribution < -0.4 is 10.1 Å². The van der Waals surface area contributed by atoms with Gasteiger partial charge in [-0.15, -0.1) is 16.2 Å². The molecule has 1 aliphatic rings. The van der Waals surface area contributed by atoms with Crippen LogP contribution in [0.5, 0.6) is 0 Å². The highest BCUT2D eigenvalue weighted by molar-refractivity contribution is 7.91. The summed E-state index contributed by atoms with van der Waals surface area (Å²) in [4.78, 5) is 4.86. The number of hydrogen-bond donors (Lipinski definition) is 2. The van der Waals surface area contributed by atoms with Gasteiger partial charge in [-0.1, -0.05) is 6.92 Å². The summed E-state index contributed by atoms with van der Waals surface area (Å²) in [6, 6.07) is 1.74. The summed E-state index contributed by atoms with van der Waals surface area (Å²) < 4.78 is 25.0. The molecule has 2 rings (SSSR count). The molecule has 1 aromatic heterocycles. The minimum atomic E-state index is -3.43. The first-order valence-corrected chi connectivity index (χ1v) is 9.11. The summed E-state index contributed by atoms with van der Waals surface area (Å²) in [6.07, 6.45) is 0. The Kier molecular flexibility index (Phi) is 5.53. The van der Waals surface area contributed by atoms with Crippen LogP contribution in [0.4, 0.5) is 0 Å². The molecule has 0 spiro atoms. The van der Waals surface area contributed by atoms with Gasteiger partial charge in [0, 0.05) is 32.7 Å². The molecule has 0 unspecified atom stereocenters. The number of likely N-dealkylation sites (N-methyl/N-ethyl adjacent to an activating group) is 1. The average molecular weight is 318 g/mol. The topological polar surface area (TPSA) is 64.7 Å². The van der Waals surface area contributed by atoms with Crippen LogP contribution in [0.1, 0.15) is 12.5 Å². The molecular formula is C12H22N4O2S2. The normalized spacial score (nSPS) is 18.5. The fraction of sp³-hybridized carbons (Fsp3) is 0.667. The lowest BCUT2D eigenvalue weighted by molar-refractivity contribution is 0.135. The first-order valence-electron chi connectivity index (χ1n) is 6.75. The molecule has 8 heteroatoms. The van der Waals surface area contributed by atoms with Crippen molar-refractivity contribution in [3.05, 3.63) is 17.0 Å². The van der Waals surface area contributed by atoms with Crippen LogP contribution >= 0.6 is 11.3 Å². The third kappa shape index (κ3) is 4.24. The Bertz CT molecular complexity index is 521. The number of nitrogens with one attached hydrogen (secondary N) is 2.